The monoisotopic (exact) mass is 332 g/mol. The van der Waals surface area contributed by atoms with Crippen LogP contribution in [0.15, 0.2) is 35.5 Å². The first-order valence-electron chi connectivity index (χ1n) is 8.77. The van der Waals surface area contributed by atoms with E-state index in [2.05, 4.69) is 19.6 Å². The molecule has 1 saturated heterocycles. The van der Waals surface area contributed by atoms with Crippen LogP contribution >= 0.6 is 0 Å². The lowest BCUT2D eigenvalue weighted by molar-refractivity contribution is -0.151. The highest BCUT2D eigenvalue weighted by atomic mass is 16.6. The molecule has 1 aliphatic carbocycles. The molecular weight excluding hydrogens is 304 g/mol. The summed E-state index contributed by atoms with van der Waals surface area (Å²) >= 11 is 0. The van der Waals surface area contributed by atoms with Crippen molar-refractivity contribution in [3.63, 3.8) is 0 Å². The molecule has 132 valence electrons. The predicted molar refractivity (Wildman–Crippen MR) is 93.2 cm³/mol. The van der Waals surface area contributed by atoms with Gasteiger partial charge in [0.15, 0.2) is 0 Å². The summed E-state index contributed by atoms with van der Waals surface area (Å²) in [6.07, 6.45) is 6.59. The molecule has 2 aliphatic rings. The second-order valence-electron chi connectivity index (χ2n) is 6.97. The Hall–Kier alpha value is -1.84. The zero-order chi connectivity index (χ0) is 17.9. The summed E-state index contributed by atoms with van der Waals surface area (Å²) in [6.45, 7) is 11.7. The van der Waals surface area contributed by atoms with Gasteiger partial charge < -0.3 is 9.47 Å². The molecule has 24 heavy (non-hydrogen) atoms. The molecule has 0 amide bonds. The normalized spacial score (nSPS) is 33.4. The predicted octanol–water partition coefficient (Wildman–Crippen LogP) is 4.12. The largest absolute Gasteiger partial charge is 0.457 e. The van der Waals surface area contributed by atoms with Crippen LogP contribution in [0.1, 0.15) is 53.4 Å². The first-order valence-corrected chi connectivity index (χ1v) is 8.77. The minimum absolute atomic E-state index is 0.000169. The van der Waals surface area contributed by atoms with E-state index in [-0.39, 0.29) is 36.0 Å². The summed E-state index contributed by atoms with van der Waals surface area (Å²) in [5, 5.41) is 0. The summed E-state index contributed by atoms with van der Waals surface area (Å²) in [4.78, 5) is 24.0. The lowest BCUT2D eigenvalue weighted by atomic mass is 9.87. The summed E-state index contributed by atoms with van der Waals surface area (Å²) in [7, 11) is 0. The summed E-state index contributed by atoms with van der Waals surface area (Å²) in [6, 6.07) is 0. The average Bonchev–Trinajstić information content (AvgIpc) is 2.81. The van der Waals surface area contributed by atoms with E-state index >= 15 is 0 Å². The number of rotatable bonds is 3. The van der Waals surface area contributed by atoms with Gasteiger partial charge in [-0.3, -0.25) is 4.79 Å². The van der Waals surface area contributed by atoms with Gasteiger partial charge in [0.25, 0.3) is 0 Å². The third-order valence-corrected chi connectivity index (χ3v) is 5.09. The Bertz CT molecular complexity index is 584. The zero-order valence-electron chi connectivity index (χ0n) is 15.1. The maximum atomic E-state index is 12.2. The number of carbonyl (C=O) groups excluding carboxylic acids is 2. The molecule has 1 fully saturated rings. The Morgan fingerprint density at radius 3 is 2.83 bits per heavy atom. The lowest BCUT2D eigenvalue weighted by Gasteiger charge is -2.23. The average molecular weight is 332 g/mol. The van der Waals surface area contributed by atoms with Crippen molar-refractivity contribution < 1.29 is 19.1 Å². The molecule has 0 N–H and O–H groups in total. The molecule has 0 saturated carbocycles. The molecule has 4 nitrogen and oxygen atoms in total. The van der Waals surface area contributed by atoms with Crippen LogP contribution in [0.4, 0.5) is 0 Å². The van der Waals surface area contributed by atoms with Crippen molar-refractivity contribution in [1.29, 1.82) is 0 Å². The highest BCUT2D eigenvalue weighted by Gasteiger charge is 2.37. The number of fused-ring (bicyclic) bond motifs is 1. The van der Waals surface area contributed by atoms with Crippen LogP contribution in [0.3, 0.4) is 0 Å². The molecule has 0 spiro atoms. The van der Waals surface area contributed by atoms with E-state index in [1.165, 1.54) is 5.57 Å². The fourth-order valence-corrected chi connectivity index (χ4v) is 3.03. The van der Waals surface area contributed by atoms with Crippen LogP contribution in [-0.2, 0) is 19.1 Å². The van der Waals surface area contributed by atoms with E-state index in [1.54, 1.807) is 0 Å². The van der Waals surface area contributed by atoms with Crippen molar-refractivity contribution in [3.05, 3.63) is 35.5 Å². The molecule has 1 aliphatic heterocycles. The van der Waals surface area contributed by atoms with Crippen molar-refractivity contribution >= 4 is 11.9 Å². The Morgan fingerprint density at radius 1 is 1.46 bits per heavy atom. The lowest BCUT2D eigenvalue weighted by Crippen LogP contribution is -2.25. The van der Waals surface area contributed by atoms with Gasteiger partial charge in [0.2, 0.25) is 0 Å². The van der Waals surface area contributed by atoms with E-state index in [0.29, 0.717) is 12.0 Å². The summed E-state index contributed by atoms with van der Waals surface area (Å²) in [5.74, 6) is -0.610. The molecule has 4 atom stereocenters. The maximum Gasteiger partial charge on any atom is 0.334 e. The van der Waals surface area contributed by atoms with Gasteiger partial charge in [-0.05, 0) is 44.8 Å². The van der Waals surface area contributed by atoms with Crippen LogP contribution < -0.4 is 0 Å². The van der Waals surface area contributed by atoms with E-state index < -0.39 is 0 Å². The molecule has 2 rings (SSSR count). The van der Waals surface area contributed by atoms with Crippen molar-refractivity contribution in [1.82, 2.24) is 0 Å². The van der Waals surface area contributed by atoms with E-state index in [9.17, 15) is 9.59 Å². The Balaban J connectivity index is 2.26. The molecule has 0 unspecified atom stereocenters. The third-order valence-electron chi connectivity index (χ3n) is 5.09. The van der Waals surface area contributed by atoms with Gasteiger partial charge in [0, 0.05) is 17.9 Å². The Morgan fingerprint density at radius 2 is 2.17 bits per heavy atom. The zero-order valence-corrected chi connectivity index (χ0v) is 15.1. The third kappa shape index (κ3) is 4.16. The quantitative estimate of drug-likeness (QED) is 0.443. The van der Waals surface area contributed by atoms with Crippen LogP contribution in [0.2, 0.25) is 0 Å². The molecule has 0 bridgehead atoms. The standard InChI is InChI=1S/C20H28O4/c1-6-13(3)19(21)23-17-10-8-12(2)7-9-16-15(5)20(22)24-18(16)11-14(17)4/h8,11,13,16-18H,5-7,9-10H2,1-4H3/b12-8+,14-11+/t13-,16-,17-,18+/m0/s1. The van der Waals surface area contributed by atoms with Crippen molar-refractivity contribution in [3.8, 4) is 0 Å². The van der Waals surface area contributed by atoms with Crippen molar-refractivity contribution in [2.45, 2.75) is 65.6 Å². The van der Waals surface area contributed by atoms with Gasteiger partial charge in [-0.25, -0.2) is 4.79 Å². The number of hydrogen-bond donors (Lipinski definition) is 0. The summed E-state index contributed by atoms with van der Waals surface area (Å²) < 4.78 is 11.2. The van der Waals surface area contributed by atoms with Gasteiger partial charge in [-0.15, -0.1) is 0 Å². The fourth-order valence-electron chi connectivity index (χ4n) is 3.03. The highest BCUT2D eigenvalue weighted by molar-refractivity contribution is 5.91. The van der Waals surface area contributed by atoms with Gasteiger partial charge in [-0.2, -0.15) is 0 Å². The van der Waals surface area contributed by atoms with E-state index in [1.807, 2.05) is 26.8 Å². The number of ether oxygens (including phenoxy) is 2. The van der Waals surface area contributed by atoms with Crippen LogP contribution in [0.5, 0.6) is 0 Å². The minimum Gasteiger partial charge on any atom is -0.457 e. The van der Waals surface area contributed by atoms with Gasteiger partial charge in [-0.1, -0.05) is 32.1 Å². The topological polar surface area (TPSA) is 52.6 Å². The van der Waals surface area contributed by atoms with Crippen molar-refractivity contribution in [2.24, 2.45) is 11.8 Å². The maximum absolute atomic E-state index is 12.2. The molecule has 0 aromatic carbocycles. The smallest absolute Gasteiger partial charge is 0.334 e. The number of allylic oxidation sites excluding steroid dienone is 1. The molecule has 1 heterocycles. The van der Waals surface area contributed by atoms with Crippen LogP contribution in [0.25, 0.3) is 0 Å². The Kier molecular flexibility index (Phi) is 6.03. The Labute approximate surface area is 144 Å². The molecule has 0 aromatic heterocycles. The van der Waals surface area contributed by atoms with Crippen LogP contribution in [0, 0.1) is 11.8 Å². The van der Waals surface area contributed by atoms with E-state index in [4.69, 9.17) is 9.47 Å². The number of hydrogen-bond acceptors (Lipinski definition) is 4. The minimum atomic E-state index is -0.317. The number of carbonyl (C=O) groups is 2. The van der Waals surface area contributed by atoms with Gasteiger partial charge in [0.1, 0.15) is 12.2 Å². The molecule has 4 heteroatoms. The SMILES string of the molecule is C=C1C(=O)O[C@@H]2/C=C(\C)[C@@H](OC(=O)[C@@H](C)CC)C/C=C(\C)CC[C@@H]12. The molecule has 0 aromatic rings. The summed E-state index contributed by atoms with van der Waals surface area (Å²) in [5.41, 5.74) is 2.71. The second-order valence-corrected chi connectivity index (χ2v) is 6.97. The van der Waals surface area contributed by atoms with Gasteiger partial charge in [0.05, 0.1) is 5.92 Å². The highest BCUT2D eigenvalue weighted by Crippen LogP contribution is 2.34. The van der Waals surface area contributed by atoms with Gasteiger partial charge >= 0.3 is 11.9 Å². The molecule has 0 radical (unpaired) electrons. The second kappa shape index (κ2) is 7.82. The molecular formula is C20H28O4. The first kappa shape index (κ1) is 18.5. The number of esters is 2. The first-order chi connectivity index (χ1) is 11.3. The van der Waals surface area contributed by atoms with Crippen LogP contribution in [-0.4, -0.2) is 24.1 Å². The fraction of sp³-hybridized carbons (Fsp3) is 0.600. The van der Waals surface area contributed by atoms with Crippen molar-refractivity contribution in [2.75, 3.05) is 0 Å². The van der Waals surface area contributed by atoms with E-state index in [0.717, 1.165) is 24.8 Å².